The Labute approximate surface area is 216 Å². The number of hydrogen-bond acceptors (Lipinski definition) is 6. The van der Waals surface area contributed by atoms with E-state index in [0.29, 0.717) is 35.2 Å². The molecule has 0 N–H and O–H groups in total. The van der Waals surface area contributed by atoms with Gasteiger partial charge in [-0.2, -0.15) is 0 Å². The molecule has 36 heavy (non-hydrogen) atoms. The lowest BCUT2D eigenvalue weighted by atomic mass is 9.92. The van der Waals surface area contributed by atoms with Crippen molar-refractivity contribution in [3.63, 3.8) is 0 Å². The number of unbranched alkanes of at least 4 members (excludes halogenated alkanes) is 1. The molecule has 0 aliphatic carbocycles. The Bertz CT molecular complexity index is 1260. The summed E-state index contributed by atoms with van der Waals surface area (Å²) in [6.07, 6.45) is 7.44. The minimum atomic E-state index is -0.109. The van der Waals surface area contributed by atoms with Crippen molar-refractivity contribution in [2.75, 3.05) is 39.2 Å². The van der Waals surface area contributed by atoms with Gasteiger partial charge in [0.15, 0.2) is 0 Å². The smallest absolute Gasteiger partial charge is 0.262 e. The number of aromatic nitrogens is 2. The van der Waals surface area contributed by atoms with E-state index in [1.54, 1.807) is 42.8 Å². The normalized spacial score (nSPS) is 18.4. The van der Waals surface area contributed by atoms with Crippen LogP contribution in [-0.2, 0) is 0 Å². The Kier molecular flexibility index (Phi) is 7.68. The van der Waals surface area contributed by atoms with Crippen molar-refractivity contribution in [2.24, 2.45) is 0 Å². The van der Waals surface area contributed by atoms with Crippen LogP contribution in [0.25, 0.3) is 10.9 Å². The lowest BCUT2D eigenvalue weighted by molar-refractivity contribution is 0.0804. The van der Waals surface area contributed by atoms with Crippen molar-refractivity contribution in [3.05, 3.63) is 72.0 Å². The number of carbonyl (C=O) groups is 1. The van der Waals surface area contributed by atoms with Crippen molar-refractivity contribution < 1.29 is 14.3 Å². The SMILES string of the molecule is COc1ccc2c(c1)C(=O)N(CCCCN1CCCC(c3ncnc4ccccc34)C1)C(CCl)=CO2. The van der Waals surface area contributed by atoms with Gasteiger partial charge >= 0.3 is 0 Å². The molecule has 2 aliphatic heterocycles. The Morgan fingerprint density at radius 3 is 2.86 bits per heavy atom. The van der Waals surface area contributed by atoms with E-state index in [0.717, 1.165) is 61.9 Å². The molecule has 2 aromatic carbocycles. The van der Waals surface area contributed by atoms with Gasteiger partial charge in [0.25, 0.3) is 5.91 Å². The molecule has 0 radical (unpaired) electrons. The van der Waals surface area contributed by atoms with Gasteiger partial charge in [0.1, 0.15) is 24.1 Å². The van der Waals surface area contributed by atoms with Crippen molar-refractivity contribution in [2.45, 2.75) is 31.6 Å². The van der Waals surface area contributed by atoms with Crippen LogP contribution in [0.1, 0.15) is 47.7 Å². The molecule has 8 heteroatoms. The van der Waals surface area contributed by atoms with Crippen molar-refractivity contribution in [1.82, 2.24) is 19.8 Å². The second kappa shape index (κ2) is 11.3. The summed E-state index contributed by atoms with van der Waals surface area (Å²) in [4.78, 5) is 26.7. The van der Waals surface area contributed by atoms with E-state index in [1.165, 1.54) is 0 Å². The molecule has 2 aliphatic rings. The number of para-hydroxylation sites is 1. The number of benzene rings is 2. The molecule has 1 fully saturated rings. The highest BCUT2D eigenvalue weighted by atomic mass is 35.5. The molecule has 1 amide bonds. The van der Waals surface area contributed by atoms with Crippen LogP contribution in [0.4, 0.5) is 0 Å². The van der Waals surface area contributed by atoms with E-state index in [1.807, 2.05) is 12.1 Å². The molecule has 1 unspecified atom stereocenters. The fourth-order valence-electron chi connectivity index (χ4n) is 5.16. The van der Waals surface area contributed by atoms with Gasteiger partial charge in [-0.15, -0.1) is 11.6 Å². The van der Waals surface area contributed by atoms with Gasteiger partial charge in [0.05, 0.1) is 35.5 Å². The van der Waals surface area contributed by atoms with E-state index in [4.69, 9.17) is 21.1 Å². The van der Waals surface area contributed by atoms with E-state index >= 15 is 0 Å². The first-order chi connectivity index (χ1) is 17.7. The predicted octanol–water partition coefficient (Wildman–Crippen LogP) is 5.21. The number of allylic oxidation sites excluding steroid dienone is 1. The van der Waals surface area contributed by atoms with Crippen LogP contribution in [-0.4, -0.2) is 64.8 Å². The van der Waals surface area contributed by atoms with Crippen molar-refractivity contribution in [3.8, 4) is 11.5 Å². The first kappa shape index (κ1) is 24.5. The van der Waals surface area contributed by atoms with Gasteiger partial charge in [-0.05, 0) is 63.0 Å². The standard InChI is InChI=1S/C28H31ClN4O3/c1-35-22-10-11-26-24(15-22)28(34)33(21(16-29)18-36-26)14-5-4-12-32-13-6-7-20(17-32)27-23-8-2-3-9-25(23)30-19-31-27/h2-3,8-11,15,18-20H,4-7,12-14,16-17H2,1H3. The lowest BCUT2D eigenvalue weighted by Crippen LogP contribution is -2.36. The molecule has 3 heterocycles. The van der Waals surface area contributed by atoms with Gasteiger partial charge in [-0.3, -0.25) is 4.79 Å². The maximum absolute atomic E-state index is 13.3. The lowest BCUT2D eigenvalue weighted by Gasteiger charge is -2.33. The van der Waals surface area contributed by atoms with Crippen LogP contribution < -0.4 is 9.47 Å². The number of likely N-dealkylation sites (tertiary alicyclic amines) is 1. The van der Waals surface area contributed by atoms with E-state index < -0.39 is 0 Å². The van der Waals surface area contributed by atoms with Crippen molar-refractivity contribution in [1.29, 1.82) is 0 Å². The zero-order chi connectivity index (χ0) is 24.9. The fourth-order valence-corrected chi connectivity index (χ4v) is 5.37. The third-order valence-electron chi connectivity index (χ3n) is 7.04. The first-order valence-electron chi connectivity index (χ1n) is 12.5. The molecule has 0 saturated carbocycles. The number of amides is 1. The largest absolute Gasteiger partial charge is 0.497 e. The summed E-state index contributed by atoms with van der Waals surface area (Å²) in [5.41, 5.74) is 3.33. The highest BCUT2D eigenvalue weighted by molar-refractivity contribution is 6.19. The van der Waals surface area contributed by atoms with Crippen molar-refractivity contribution >= 4 is 28.4 Å². The van der Waals surface area contributed by atoms with E-state index in [2.05, 4.69) is 27.0 Å². The molecular weight excluding hydrogens is 476 g/mol. The molecule has 5 rings (SSSR count). The zero-order valence-corrected chi connectivity index (χ0v) is 21.3. The van der Waals surface area contributed by atoms with Crippen LogP contribution in [0.2, 0.25) is 0 Å². The van der Waals surface area contributed by atoms with Gasteiger partial charge in [-0.1, -0.05) is 18.2 Å². The molecule has 7 nitrogen and oxygen atoms in total. The predicted molar refractivity (Wildman–Crippen MR) is 141 cm³/mol. The maximum Gasteiger partial charge on any atom is 0.262 e. The van der Waals surface area contributed by atoms with Crippen LogP contribution in [0.15, 0.2) is 60.8 Å². The third kappa shape index (κ3) is 5.18. The Balaban J connectivity index is 1.20. The minimum Gasteiger partial charge on any atom is -0.497 e. The number of fused-ring (bicyclic) bond motifs is 2. The summed E-state index contributed by atoms with van der Waals surface area (Å²) in [5.74, 6) is 1.64. The highest BCUT2D eigenvalue weighted by Crippen LogP contribution is 2.31. The minimum absolute atomic E-state index is 0.109. The van der Waals surface area contributed by atoms with E-state index in [9.17, 15) is 4.79 Å². The maximum atomic E-state index is 13.3. The number of ether oxygens (including phenoxy) is 2. The molecule has 1 atom stereocenters. The molecule has 1 saturated heterocycles. The molecule has 3 aromatic rings. The Morgan fingerprint density at radius 1 is 1.14 bits per heavy atom. The first-order valence-corrected chi connectivity index (χ1v) is 13.0. The summed E-state index contributed by atoms with van der Waals surface area (Å²) < 4.78 is 11.1. The van der Waals surface area contributed by atoms with E-state index in [-0.39, 0.29) is 11.8 Å². The number of nitrogens with zero attached hydrogens (tertiary/aromatic N) is 4. The third-order valence-corrected chi connectivity index (χ3v) is 7.31. The average molecular weight is 507 g/mol. The molecule has 188 valence electrons. The van der Waals surface area contributed by atoms with Crippen LogP contribution in [0.3, 0.4) is 0 Å². The number of piperidine rings is 1. The number of alkyl halides is 1. The topological polar surface area (TPSA) is 67.8 Å². The van der Waals surface area contributed by atoms with Gasteiger partial charge in [0.2, 0.25) is 0 Å². The zero-order valence-electron chi connectivity index (χ0n) is 20.5. The summed E-state index contributed by atoms with van der Waals surface area (Å²) in [6, 6.07) is 13.5. The summed E-state index contributed by atoms with van der Waals surface area (Å²) in [7, 11) is 1.59. The average Bonchev–Trinajstić information content (AvgIpc) is 3.06. The second-order valence-corrected chi connectivity index (χ2v) is 9.57. The van der Waals surface area contributed by atoms with Crippen LogP contribution in [0, 0.1) is 0 Å². The molecule has 0 spiro atoms. The quantitative estimate of drug-likeness (QED) is 0.308. The van der Waals surface area contributed by atoms with Gasteiger partial charge < -0.3 is 19.3 Å². The number of hydrogen-bond donors (Lipinski definition) is 0. The summed E-state index contributed by atoms with van der Waals surface area (Å²) in [5, 5.41) is 1.16. The van der Waals surface area contributed by atoms with Gasteiger partial charge in [-0.25, -0.2) is 9.97 Å². The molecule has 0 bridgehead atoms. The Morgan fingerprint density at radius 2 is 2.00 bits per heavy atom. The number of rotatable bonds is 8. The monoisotopic (exact) mass is 506 g/mol. The van der Waals surface area contributed by atoms with Crippen LogP contribution >= 0.6 is 11.6 Å². The van der Waals surface area contributed by atoms with Crippen LogP contribution in [0.5, 0.6) is 11.5 Å². The molecule has 1 aromatic heterocycles. The molecular formula is C28H31ClN4O3. The fraction of sp³-hybridized carbons (Fsp3) is 0.393. The van der Waals surface area contributed by atoms with Gasteiger partial charge in [0, 0.05) is 24.4 Å². The number of methoxy groups -OCH3 is 1. The number of carbonyl (C=O) groups excluding carboxylic acids is 1. The number of halogens is 1. The highest BCUT2D eigenvalue weighted by Gasteiger charge is 2.27. The second-order valence-electron chi connectivity index (χ2n) is 9.30. The Hall–Kier alpha value is -3.16. The summed E-state index contributed by atoms with van der Waals surface area (Å²) in [6.45, 7) is 3.67. The summed E-state index contributed by atoms with van der Waals surface area (Å²) >= 11 is 6.18.